The Hall–Kier alpha value is -2.79. The molecule has 180 valence electrons. The summed E-state index contributed by atoms with van der Waals surface area (Å²) in [5.41, 5.74) is 5.46. The number of nitrogens with two attached hydrogens (primary N) is 1. The molecule has 1 aliphatic heterocycles. The van der Waals surface area contributed by atoms with E-state index in [2.05, 4.69) is 26.8 Å². The normalized spacial score (nSPS) is 15.2. The van der Waals surface area contributed by atoms with Crippen LogP contribution in [0.1, 0.15) is 47.7 Å². The van der Waals surface area contributed by atoms with Crippen LogP contribution in [0.4, 0.5) is 18.6 Å². The average molecular weight is 482 g/mol. The second-order valence-corrected chi connectivity index (χ2v) is 9.09. The van der Waals surface area contributed by atoms with Crippen molar-refractivity contribution < 1.29 is 23.1 Å². The van der Waals surface area contributed by atoms with Gasteiger partial charge in [0.2, 0.25) is 5.88 Å². The second-order valence-electron chi connectivity index (χ2n) is 8.32. The van der Waals surface area contributed by atoms with Crippen LogP contribution in [0.25, 0.3) is 0 Å². The second kappa shape index (κ2) is 11.4. The molecule has 1 saturated heterocycles. The van der Waals surface area contributed by atoms with Gasteiger partial charge in [0.1, 0.15) is 17.2 Å². The fourth-order valence-electron chi connectivity index (χ4n) is 3.68. The Labute approximate surface area is 195 Å². The molecule has 8 nitrogen and oxygen atoms in total. The monoisotopic (exact) mass is 481 g/mol. The van der Waals surface area contributed by atoms with E-state index < -0.39 is 23.6 Å². The summed E-state index contributed by atoms with van der Waals surface area (Å²) in [6, 6.07) is 2.32. The molecule has 1 aromatic heterocycles. The number of likely N-dealkylation sites (tertiary alicyclic amines) is 1. The standard InChI is InChI=1S/C22H29F2N5O3S/c1-13(11-29-8-4-3-5-9-29)10-26-22(31)27-21-16(19(25)30)20(28-33-21)32-12-15-7-6-14(2)17(23)18(15)24/h6-7,13H,3-5,8-12H2,1-2H3,(H2,25,30)(H2,26,27,31). The number of ether oxygens (including phenoxy) is 1. The molecule has 0 aliphatic carbocycles. The van der Waals surface area contributed by atoms with Gasteiger partial charge in [0.25, 0.3) is 5.91 Å². The minimum absolute atomic E-state index is 0.0311. The lowest BCUT2D eigenvalue weighted by atomic mass is 10.1. The molecule has 0 bridgehead atoms. The maximum absolute atomic E-state index is 14.1. The van der Waals surface area contributed by atoms with Gasteiger partial charge < -0.3 is 20.7 Å². The van der Waals surface area contributed by atoms with Crippen LogP contribution in [0.2, 0.25) is 0 Å². The number of urea groups is 1. The van der Waals surface area contributed by atoms with Gasteiger partial charge in [-0.15, -0.1) is 0 Å². The van der Waals surface area contributed by atoms with E-state index in [4.69, 9.17) is 10.5 Å². The molecule has 3 amide bonds. The summed E-state index contributed by atoms with van der Waals surface area (Å²) < 4.78 is 37.2. The van der Waals surface area contributed by atoms with Crippen LogP contribution in [0.5, 0.6) is 5.88 Å². The number of rotatable bonds is 9. The highest BCUT2D eigenvalue weighted by atomic mass is 32.1. The van der Waals surface area contributed by atoms with Crippen molar-refractivity contribution in [1.82, 2.24) is 14.6 Å². The number of aromatic nitrogens is 1. The van der Waals surface area contributed by atoms with Crippen molar-refractivity contribution in [3.63, 3.8) is 0 Å². The summed E-state index contributed by atoms with van der Waals surface area (Å²) in [7, 11) is 0. The zero-order valence-electron chi connectivity index (χ0n) is 18.7. The summed E-state index contributed by atoms with van der Waals surface area (Å²) in [5, 5.41) is 5.49. The maximum atomic E-state index is 14.1. The molecule has 0 radical (unpaired) electrons. The first-order chi connectivity index (χ1) is 15.8. The summed E-state index contributed by atoms with van der Waals surface area (Å²) in [6.45, 7) is 6.70. The van der Waals surface area contributed by atoms with Crippen molar-refractivity contribution in [1.29, 1.82) is 0 Å². The van der Waals surface area contributed by atoms with Crippen LogP contribution in [-0.2, 0) is 6.61 Å². The van der Waals surface area contributed by atoms with Gasteiger partial charge in [-0.1, -0.05) is 25.5 Å². The number of carbonyl (C=O) groups excluding carboxylic acids is 2. The average Bonchev–Trinajstić information content (AvgIpc) is 3.19. The van der Waals surface area contributed by atoms with E-state index in [0.29, 0.717) is 6.54 Å². The van der Waals surface area contributed by atoms with Crippen molar-refractivity contribution in [3.05, 3.63) is 40.5 Å². The summed E-state index contributed by atoms with van der Waals surface area (Å²) in [5.74, 6) is -2.74. The number of amides is 3. The van der Waals surface area contributed by atoms with Gasteiger partial charge in [0.05, 0.1) is 0 Å². The number of aryl methyl sites for hydroxylation is 1. The Morgan fingerprint density at radius 3 is 2.67 bits per heavy atom. The summed E-state index contributed by atoms with van der Waals surface area (Å²) >= 11 is 0.817. The Morgan fingerprint density at radius 2 is 1.97 bits per heavy atom. The highest BCUT2D eigenvalue weighted by Crippen LogP contribution is 2.31. The third-order valence-corrected chi connectivity index (χ3v) is 6.23. The number of nitrogens with one attached hydrogen (secondary N) is 2. The molecule has 3 rings (SSSR count). The SMILES string of the molecule is Cc1ccc(COc2nsc(NC(=O)NCC(C)CN3CCCCC3)c2C(N)=O)c(F)c1F. The number of anilines is 1. The van der Waals surface area contributed by atoms with E-state index in [1.165, 1.54) is 38.3 Å². The fourth-order valence-corrected chi connectivity index (χ4v) is 4.42. The first-order valence-electron chi connectivity index (χ1n) is 10.9. The Kier molecular flexibility index (Phi) is 8.56. The first kappa shape index (κ1) is 24.8. The van der Waals surface area contributed by atoms with Crippen LogP contribution in [0.15, 0.2) is 12.1 Å². The molecule has 33 heavy (non-hydrogen) atoms. The number of nitrogens with zero attached hydrogens (tertiary/aromatic N) is 2. The Balaban J connectivity index is 1.57. The van der Waals surface area contributed by atoms with Gasteiger partial charge >= 0.3 is 6.03 Å². The molecule has 0 spiro atoms. The third-order valence-electron chi connectivity index (χ3n) is 5.48. The van der Waals surface area contributed by atoms with E-state index in [-0.39, 0.29) is 40.1 Å². The third kappa shape index (κ3) is 6.61. The number of halogens is 2. The molecule has 11 heteroatoms. The number of primary amides is 1. The van der Waals surface area contributed by atoms with Gasteiger partial charge in [-0.05, 0) is 55.9 Å². The fraction of sp³-hybridized carbons (Fsp3) is 0.500. The Bertz CT molecular complexity index is 995. The quantitative estimate of drug-likeness (QED) is 0.507. The summed E-state index contributed by atoms with van der Waals surface area (Å²) in [4.78, 5) is 26.7. The van der Waals surface area contributed by atoms with E-state index in [9.17, 15) is 18.4 Å². The van der Waals surface area contributed by atoms with Crippen LogP contribution >= 0.6 is 11.5 Å². The first-order valence-corrected chi connectivity index (χ1v) is 11.7. The molecule has 2 aromatic rings. The van der Waals surface area contributed by atoms with Crippen molar-refractivity contribution >= 4 is 28.5 Å². The lowest BCUT2D eigenvalue weighted by molar-refractivity contribution is 0.0996. The molecule has 1 fully saturated rings. The topological polar surface area (TPSA) is 110 Å². The molecule has 2 heterocycles. The lowest BCUT2D eigenvalue weighted by Gasteiger charge is -2.29. The molecule has 1 atom stereocenters. The Morgan fingerprint density at radius 1 is 1.24 bits per heavy atom. The molecule has 0 saturated carbocycles. The number of hydrogen-bond donors (Lipinski definition) is 3. The van der Waals surface area contributed by atoms with Crippen LogP contribution in [-0.4, -0.2) is 47.4 Å². The van der Waals surface area contributed by atoms with Gasteiger partial charge in [0, 0.05) is 18.7 Å². The molecule has 1 unspecified atom stereocenters. The minimum Gasteiger partial charge on any atom is -0.471 e. The smallest absolute Gasteiger partial charge is 0.319 e. The van der Waals surface area contributed by atoms with Crippen molar-refractivity contribution in [2.24, 2.45) is 11.7 Å². The molecule has 1 aromatic carbocycles. The highest BCUT2D eigenvalue weighted by Gasteiger charge is 2.23. The zero-order chi connectivity index (χ0) is 24.0. The predicted molar refractivity (Wildman–Crippen MR) is 123 cm³/mol. The molecule has 4 N–H and O–H groups in total. The van der Waals surface area contributed by atoms with E-state index in [0.717, 1.165) is 31.2 Å². The molecule has 1 aliphatic rings. The highest BCUT2D eigenvalue weighted by molar-refractivity contribution is 7.11. The number of hydrogen-bond acceptors (Lipinski definition) is 6. The van der Waals surface area contributed by atoms with Gasteiger partial charge in [-0.3, -0.25) is 10.1 Å². The van der Waals surface area contributed by atoms with Crippen molar-refractivity contribution in [2.45, 2.75) is 39.7 Å². The van der Waals surface area contributed by atoms with Crippen LogP contribution < -0.4 is 21.1 Å². The van der Waals surface area contributed by atoms with Crippen LogP contribution in [0.3, 0.4) is 0 Å². The largest absolute Gasteiger partial charge is 0.471 e. The molecular weight excluding hydrogens is 452 g/mol. The van der Waals surface area contributed by atoms with Crippen LogP contribution in [0, 0.1) is 24.5 Å². The zero-order valence-corrected chi connectivity index (χ0v) is 19.6. The predicted octanol–water partition coefficient (Wildman–Crippen LogP) is 3.65. The number of carbonyl (C=O) groups is 2. The number of benzene rings is 1. The molecular formula is C22H29F2N5O3S. The van der Waals surface area contributed by atoms with E-state index >= 15 is 0 Å². The lowest BCUT2D eigenvalue weighted by Crippen LogP contribution is -2.39. The van der Waals surface area contributed by atoms with Gasteiger partial charge in [-0.25, -0.2) is 13.6 Å². The van der Waals surface area contributed by atoms with Crippen molar-refractivity contribution in [3.8, 4) is 5.88 Å². The maximum Gasteiger partial charge on any atom is 0.319 e. The summed E-state index contributed by atoms with van der Waals surface area (Å²) in [6.07, 6.45) is 3.68. The van der Waals surface area contributed by atoms with E-state index in [1.54, 1.807) is 0 Å². The van der Waals surface area contributed by atoms with Gasteiger partial charge in [-0.2, -0.15) is 4.37 Å². The van der Waals surface area contributed by atoms with E-state index in [1.807, 2.05) is 0 Å². The number of piperidine rings is 1. The van der Waals surface area contributed by atoms with Gasteiger partial charge in [0.15, 0.2) is 11.6 Å². The van der Waals surface area contributed by atoms with Crippen molar-refractivity contribution in [2.75, 3.05) is 31.5 Å². The minimum atomic E-state index is -1.03.